The van der Waals surface area contributed by atoms with Crippen LogP contribution in [0.1, 0.15) is 37.4 Å². The van der Waals surface area contributed by atoms with Crippen LogP contribution in [0, 0.1) is 5.92 Å². The first-order chi connectivity index (χ1) is 6.81. The van der Waals surface area contributed by atoms with Gasteiger partial charge in [-0.2, -0.15) is 5.10 Å². The third-order valence-corrected chi connectivity index (χ3v) is 3.08. The number of aromatic amines is 2. The monoisotopic (exact) mass is 196 g/mol. The number of nitrogens with two attached hydrogens (primary N) is 1. The van der Waals surface area contributed by atoms with Crippen LogP contribution in [-0.2, 0) is 0 Å². The van der Waals surface area contributed by atoms with E-state index in [1.165, 1.54) is 12.8 Å². The van der Waals surface area contributed by atoms with Gasteiger partial charge in [0.1, 0.15) is 5.82 Å². The van der Waals surface area contributed by atoms with Gasteiger partial charge in [0.05, 0.1) is 0 Å². The van der Waals surface area contributed by atoms with Gasteiger partial charge in [-0.3, -0.25) is 4.98 Å². The van der Waals surface area contributed by atoms with E-state index in [1.54, 1.807) is 0 Å². The minimum Gasteiger partial charge on any atom is -0.330 e. The quantitative estimate of drug-likeness (QED) is 0.637. The highest BCUT2D eigenvalue weighted by Gasteiger charge is 2.27. The first-order valence-corrected chi connectivity index (χ1v) is 5.16. The van der Waals surface area contributed by atoms with Crippen LogP contribution in [0.15, 0.2) is 4.79 Å². The van der Waals surface area contributed by atoms with Gasteiger partial charge in [0.15, 0.2) is 0 Å². The van der Waals surface area contributed by atoms with Crippen molar-refractivity contribution in [2.45, 2.75) is 31.6 Å². The Morgan fingerprint density at radius 2 is 2.21 bits per heavy atom. The smallest absolute Gasteiger partial charge is 0.330 e. The van der Waals surface area contributed by atoms with Crippen LogP contribution in [0.3, 0.4) is 0 Å². The predicted octanol–water partition coefficient (Wildman–Crippen LogP) is 0.330. The van der Waals surface area contributed by atoms with Gasteiger partial charge in [-0.25, -0.2) is 9.89 Å². The normalized spacial score (nSPS) is 27.8. The zero-order valence-electron chi connectivity index (χ0n) is 8.12. The topological polar surface area (TPSA) is 87.6 Å². The molecule has 2 rings (SSSR count). The van der Waals surface area contributed by atoms with E-state index >= 15 is 0 Å². The van der Waals surface area contributed by atoms with Crippen molar-refractivity contribution in [2.75, 3.05) is 6.54 Å². The highest BCUT2D eigenvalue weighted by atomic mass is 16.1. The summed E-state index contributed by atoms with van der Waals surface area (Å²) in [6, 6.07) is 0. The van der Waals surface area contributed by atoms with Gasteiger partial charge >= 0.3 is 5.69 Å². The predicted molar refractivity (Wildman–Crippen MR) is 53.0 cm³/mol. The molecule has 2 unspecified atom stereocenters. The number of nitrogens with one attached hydrogen (secondary N) is 2. The Morgan fingerprint density at radius 1 is 1.43 bits per heavy atom. The highest BCUT2D eigenvalue weighted by molar-refractivity contribution is 4.98. The third kappa shape index (κ3) is 1.72. The molecule has 4 N–H and O–H groups in total. The molecule has 78 valence electrons. The van der Waals surface area contributed by atoms with Gasteiger partial charge in [0.25, 0.3) is 0 Å². The molecule has 1 heterocycles. The zero-order chi connectivity index (χ0) is 9.97. The number of hydrogen-bond acceptors (Lipinski definition) is 3. The van der Waals surface area contributed by atoms with Crippen molar-refractivity contribution in [3.8, 4) is 0 Å². The Bertz CT molecular complexity index is 343. The molecule has 5 nitrogen and oxygen atoms in total. The first kappa shape index (κ1) is 9.45. The van der Waals surface area contributed by atoms with Crippen molar-refractivity contribution in [1.82, 2.24) is 15.2 Å². The van der Waals surface area contributed by atoms with E-state index in [1.807, 2.05) is 0 Å². The van der Waals surface area contributed by atoms with Crippen LogP contribution >= 0.6 is 0 Å². The lowest BCUT2D eigenvalue weighted by molar-refractivity contribution is 0.304. The van der Waals surface area contributed by atoms with Crippen LogP contribution < -0.4 is 11.4 Å². The van der Waals surface area contributed by atoms with Crippen LogP contribution in [0.2, 0.25) is 0 Å². The molecule has 1 saturated carbocycles. The minimum atomic E-state index is -0.221. The molecule has 5 heteroatoms. The molecule has 2 atom stereocenters. The molecular formula is C9H16N4O. The number of rotatable bonds is 2. The minimum absolute atomic E-state index is 0.221. The highest BCUT2D eigenvalue weighted by Crippen LogP contribution is 2.34. The summed E-state index contributed by atoms with van der Waals surface area (Å²) in [6.07, 6.45) is 4.68. The van der Waals surface area contributed by atoms with Crippen molar-refractivity contribution >= 4 is 0 Å². The summed E-state index contributed by atoms with van der Waals surface area (Å²) in [6.45, 7) is 0.680. The van der Waals surface area contributed by atoms with E-state index in [4.69, 9.17) is 5.73 Å². The maximum Gasteiger partial charge on any atom is 0.340 e. The first-order valence-electron chi connectivity index (χ1n) is 5.16. The molecule has 1 aliphatic rings. The molecule has 0 spiro atoms. The molecule has 1 fully saturated rings. The lowest BCUT2D eigenvalue weighted by Crippen LogP contribution is -2.26. The summed E-state index contributed by atoms with van der Waals surface area (Å²) in [5, 5.41) is 6.40. The van der Waals surface area contributed by atoms with Crippen LogP contribution in [0.25, 0.3) is 0 Å². The molecule has 1 aliphatic carbocycles. The van der Waals surface area contributed by atoms with Crippen molar-refractivity contribution in [1.29, 1.82) is 0 Å². The molecule has 14 heavy (non-hydrogen) atoms. The number of nitrogens with zero attached hydrogens (tertiary/aromatic N) is 1. The van der Waals surface area contributed by atoms with E-state index in [0.29, 0.717) is 18.4 Å². The van der Waals surface area contributed by atoms with E-state index in [-0.39, 0.29) is 5.69 Å². The lowest BCUT2D eigenvalue weighted by Gasteiger charge is -2.28. The largest absolute Gasteiger partial charge is 0.340 e. The van der Waals surface area contributed by atoms with Gasteiger partial charge in [0.2, 0.25) is 0 Å². The van der Waals surface area contributed by atoms with E-state index in [2.05, 4.69) is 15.2 Å². The summed E-state index contributed by atoms with van der Waals surface area (Å²) < 4.78 is 0. The van der Waals surface area contributed by atoms with Crippen LogP contribution in [0.5, 0.6) is 0 Å². The average Bonchev–Trinajstić information content (AvgIpc) is 2.65. The number of hydrogen-bond donors (Lipinski definition) is 3. The van der Waals surface area contributed by atoms with Crippen molar-refractivity contribution in [3.05, 3.63) is 16.3 Å². The third-order valence-electron chi connectivity index (χ3n) is 3.08. The van der Waals surface area contributed by atoms with E-state index < -0.39 is 0 Å². The van der Waals surface area contributed by atoms with Crippen molar-refractivity contribution in [2.24, 2.45) is 11.7 Å². The van der Waals surface area contributed by atoms with Gasteiger partial charge in [-0.05, 0) is 25.3 Å². The maximum atomic E-state index is 10.9. The second-order valence-corrected chi connectivity index (χ2v) is 3.95. The second-order valence-electron chi connectivity index (χ2n) is 3.95. The molecule has 1 aromatic heterocycles. The SMILES string of the molecule is NCC1CCCCC1c1n[nH]c(=O)[nH]1. The Morgan fingerprint density at radius 3 is 2.86 bits per heavy atom. The van der Waals surface area contributed by atoms with Crippen LogP contribution in [0.4, 0.5) is 0 Å². The lowest BCUT2D eigenvalue weighted by atomic mass is 9.79. The second kappa shape index (κ2) is 3.96. The molecule has 0 bridgehead atoms. The molecule has 1 aromatic rings. The average molecular weight is 196 g/mol. The summed E-state index contributed by atoms with van der Waals surface area (Å²) in [7, 11) is 0. The standard InChI is InChI=1S/C9H16N4O/c10-5-6-3-1-2-4-7(6)8-11-9(14)13-12-8/h6-7H,1-5,10H2,(H2,11,12,13,14). The Hall–Kier alpha value is -1.10. The summed E-state index contributed by atoms with van der Waals surface area (Å²) in [5.41, 5.74) is 5.49. The molecule has 0 saturated heterocycles. The van der Waals surface area contributed by atoms with Crippen LogP contribution in [-0.4, -0.2) is 21.7 Å². The molecule has 0 radical (unpaired) electrons. The van der Waals surface area contributed by atoms with E-state index in [0.717, 1.165) is 18.7 Å². The molecule has 0 aliphatic heterocycles. The van der Waals surface area contributed by atoms with Gasteiger partial charge in [-0.15, -0.1) is 0 Å². The zero-order valence-corrected chi connectivity index (χ0v) is 8.12. The van der Waals surface area contributed by atoms with Gasteiger partial charge in [-0.1, -0.05) is 12.8 Å². The van der Waals surface area contributed by atoms with Crippen molar-refractivity contribution < 1.29 is 0 Å². The molecule has 0 aromatic carbocycles. The summed E-state index contributed by atoms with van der Waals surface area (Å²) in [4.78, 5) is 13.7. The molecular weight excluding hydrogens is 180 g/mol. The summed E-state index contributed by atoms with van der Waals surface area (Å²) >= 11 is 0. The Kier molecular flexibility index (Phi) is 2.67. The number of H-pyrrole nitrogens is 2. The van der Waals surface area contributed by atoms with E-state index in [9.17, 15) is 4.79 Å². The van der Waals surface area contributed by atoms with Gasteiger partial charge < -0.3 is 5.73 Å². The summed E-state index contributed by atoms with van der Waals surface area (Å²) in [5.74, 6) is 1.60. The maximum absolute atomic E-state index is 10.9. The fourth-order valence-corrected chi connectivity index (χ4v) is 2.31. The Balaban J connectivity index is 2.18. The van der Waals surface area contributed by atoms with Crippen molar-refractivity contribution in [3.63, 3.8) is 0 Å². The Labute approximate surface area is 82.1 Å². The molecule has 0 amide bonds. The fraction of sp³-hybridized carbons (Fsp3) is 0.778. The fourth-order valence-electron chi connectivity index (χ4n) is 2.31. The number of aromatic nitrogens is 3. The van der Waals surface area contributed by atoms with Gasteiger partial charge in [0, 0.05) is 5.92 Å².